The van der Waals surface area contributed by atoms with Crippen LogP contribution in [0.1, 0.15) is 45.4 Å². The summed E-state index contributed by atoms with van der Waals surface area (Å²) < 4.78 is 9.27. The van der Waals surface area contributed by atoms with E-state index in [0.717, 1.165) is 62.7 Å². The minimum atomic E-state index is -0.174. The van der Waals surface area contributed by atoms with Gasteiger partial charge in [-0.15, -0.1) is 0 Å². The molecule has 0 spiro atoms. The SMILES string of the molecule is C1=Cc2c(c3c(n2-c2ccccc2)C(c2nc(-c4ccccc4)nc(-c4ccccc4)n2)Cc2c-3oc3ccccc23)Cc2ccccc21. The summed E-state index contributed by atoms with van der Waals surface area (Å²) in [5, 5.41) is 1.14. The predicted octanol–water partition coefficient (Wildman–Crippen LogP) is 10.2. The van der Waals surface area contributed by atoms with Crippen LogP contribution in [0.4, 0.5) is 0 Å². The van der Waals surface area contributed by atoms with Crippen molar-refractivity contribution in [3.8, 4) is 39.8 Å². The summed E-state index contributed by atoms with van der Waals surface area (Å²) in [6.07, 6.45) is 6.02. The third-order valence-corrected chi connectivity index (χ3v) is 9.90. The van der Waals surface area contributed by atoms with Crippen LogP contribution in [-0.4, -0.2) is 19.5 Å². The zero-order valence-corrected chi connectivity index (χ0v) is 26.6. The maximum Gasteiger partial charge on any atom is 0.163 e. The number of nitrogens with zero attached hydrogens (tertiary/aromatic N) is 4. The van der Waals surface area contributed by atoms with Crippen molar-refractivity contribution < 1.29 is 4.42 Å². The first-order valence-corrected chi connectivity index (χ1v) is 16.8. The molecule has 5 aromatic carbocycles. The van der Waals surface area contributed by atoms with Gasteiger partial charge in [0.15, 0.2) is 11.6 Å². The normalized spacial score (nSPS) is 14.5. The van der Waals surface area contributed by atoms with Crippen LogP contribution in [0.5, 0.6) is 0 Å². The van der Waals surface area contributed by atoms with Gasteiger partial charge in [0.25, 0.3) is 0 Å². The molecule has 0 N–H and O–H groups in total. The number of furan rings is 1. The molecule has 3 aromatic heterocycles. The molecule has 8 aromatic rings. The zero-order chi connectivity index (χ0) is 32.3. The largest absolute Gasteiger partial charge is 0.456 e. The Labute approximate surface area is 283 Å². The Morgan fingerprint density at radius 2 is 1.22 bits per heavy atom. The summed E-state index contributed by atoms with van der Waals surface area (Å²) in [5.41, 5.74) is 12.4. The topological polar surface area (TPSA) is 56.7 Å². The van der Waals surface area contributed by atoms with Crippen molar-refractivity contribution in [1.82, 2.24) is 19.5 Å². The lowest BCUT2D eigenvalue weighted by atomic mass is 9.82. The highest BCUT2D eigenvalue weighted by atomic mass is 16.3. The van der Waals surface area contributed by atoms with Gasteiger partial charge in [-0.05, 0) is 47.4 Å². The van der Waals surface area contributed by atoms with Gasteiger partial charge in [-0.2, -0.15) is 0 Å². The molecule has 3 heterocycles. The van der Waals surface area contributed by atoms with Crippen LogP contribution in [0.25, 0.3) is 62.9 Å². The minimum Gasteiger partial charge on any atom is -0.456 e. The minimum absolute atomic E-state index is 0.174. The van der Waals surface area contributed by atoms with Crippen molar-refractivity contribution in [2.45, 2.75) is 18.8 Å². The monoisotopic (exact) mass is 630 g/mol. The molecule has 0 saturated heterocycles. The van der Waals surface area contributed by atoms with Gasteiger partial charge in [0.2, 0.25) is 0 Å². The molecule has 1 atom stereocenters. The molecule has 0 saturated carbocycles. The Balaban J connectivity index is 1.31. The summed E-state index contributed by atoms with van der Waals surface area (Å²) in [6, 6.07) is 48.2. The quantitative estimate of drug-likeness (QED) is 0.194. The summed E-state index contributed by atoms with van der Waals surface area (Å²) in [4.78, 5) is 15.6. The second-order valence-corrected chi connectivity index (χ2v) is 12.7. The Morgan fingerprint density at radius 1 is 0.592 bits per heavy atom. The highest BCUT2D eigenvalue weighted by Gasteiger charge is 2.40. The average Bonchev–Trinajstić information content (AvgIpc) is 3.63. The molecule has 0 fully saturated rings. The molecule has 49 heavy (non-hydrogen) atoms. The van der Waals surface area contributed by atoms with Crippen LogP contribution in [0, 0.1) is 0 Å². The van der Waals surface area contributed by atoms with Gasteiger partial charge in [-0.3, -0.25) is 0 Å². The fourth-order valence-corrected chi connectivity index (χ4v) is 7.67. The third-order valence-electron chi connectivity index (χ3n) is 9.90. The smallest absolute Gasteiger partial charge is 0.163 e. The lowest BCUT2D eigenvalue weighted by Gasteiger charge is -2.26. The molecule has 0 bridgehead atoms. The number of para-hydroxylation sites is 2. The van der Waals surface area contributed by atoms with Crippen molar-refractivity contribution in [2.24, 2.45) is 0 Å². The van der Waals surface area contributed by atoms with Gasteiger partial charge in [0.1, 0.15) is 17.2 Å². The molecule has 10 rings (SSSR count). The highest BCUT2D eigenvalue weighted by Crippen LogP contribution is 2.51. The first kappa shape index (κ1) is 27.8. The molecule has 232 valence electrons. The van der Waals surface area contributed by atoms with Crippen molar-refractivity contribution in [3.05, 3.63) is 179 Å². The second-order valence-electron chi connectivity index (χ2n) is 12.7. The summed E-state index contributed by atoms with van der Waals surface area (Å²) in [7, 11) is 0. The number of fused-ring (bicyclic) bond motifs is 8. The van der Waals surface area contributed by atoms with E-state index in [4.69, 9.17) is 19.4 Å². The number of hydrogen-bond acceptors (Lipinski definition) is 4. The van der Waals surface area contributed by atoms with E-state index in [1.165, 1.54) is 22.3 Å². The van der Waals surface area contributed by atoms with E-state index in [2.05, 4.69) is 120 Å². The van der Waals surface area contributed by atoms with Gasteiger partial charge in [-0.1, -0.05) is 127 Å². The van der Waals surface area contributed by atoms with Crippen LogP contribution in [0.3, 0.4) is 0 Å². The van der Waals surface area contributed by atoms with Crippen molar-refractivity contribution in [3.63, 3.8) is 0 Å². The fraction of sp³-hybridized carbons (Fsp3) is 0.0682. The molecule has 5 nitrogen and oxygen atoms in total. The second kappa shape index (κ2) is 11.1. The maximum absolute atomic E-state index is 6.84. The molecule has 2 aliphatic rings. The maximum atomic E-state index is 6.84. The van der Waals surface area contributed by atoms with Gasteiger partial charge < -0.3 is 8.98 Å². The van der Waals surface area contributed by atoms with Crippen molar-refractivity contribution in [2.75, 3.05) is 0 Å². The van der Waals surface area contributed by atoms with Crippen LogP contribution in [0.15, 0.2) is 144 Å². The van der Waals surface area contributed by atoms with E-state index in [9.17, 15) is 0 Å². The molecular formula is C44H30N4O. The van der Waals surface area contributed by atoms with Crippen LogP contribution < -0.4 is 0 Å². The molecule has 5 heteroatoms. The molecule has 1 unspecified atom stereocenters. The summed E-state index contributed by atoms with van der Waals surface area (Å²) >= 11 is 0. The van der Waals surface area contributed by atoms with E-state index < -0.39 is 0 Å². The fourth-order valence-electron chi connectivity index (χ4n) is 7.67. The number of benzene rings is 5. The molecule has 0 aliphatic heterocycles. The lowest BCUT2D eigenvalue weighted by Crippen LogP contribution is -2.19. The number of hydrogen-bond donors (Lipinski definition) is 0. The molecule has 0 radical (unpaired) electrons. The number of aromatic nitrogens is 4. The molecular weight excluding hydrogens is 601 g/mol. The molecule has 2 aliphatic carbocycles. The van der Waals surface area contributed by atoms with E-state index in [1.807, 2.05) is 36.4 Å². The van der Waals surface area contributed by atoms with Gasteiger partial charge in [-0.25, -0.2) is 15.0 Å². The van der Waals surface area contributed by atoms with Crippen molar-refractivity contribution >= 4 is 23.1 Å². The van der Waals surface area contributed by atoms with E-state index >= 15 is 0 Å². The van der Waals surface area contributed by atoms with E-state index in [-0.39, 0.29) is 5.92 Å². The zero-order valence-electron chi connectivity index (χ0n) is 26.6. The summed E-state index contributed by atoms with van der Waals surface area (Å²) in [6.45, 7) is 0. The Kier molecular flexibility index (Phi) is 6.31. The van der Waals surface area contributed by atoms with Gasteiger partial charge >= 0.3 is 0 Å². The first-order chi connectivity index (χ1) is 24.3. The van der Waals surface area contributed by atoms with E-state index in [1.54, 1.807) is 0 Å². The van der Waals surface area contributed by atoms with E-state index in [0.29, 0.717) is 18.1 Å². The Bertz CT molecular complexity index is 2490. The Morgan fingerprint density at radius 3 is 1.96 bits per heavy atom. The predicted molar refractivity (Wildman–Crippen MR) is 195 cm³/mol. The highest BCUT2D eigenvalue weighted by molar-refractivity contribution is 5.93. The number of rotatable bonds is 4. The third kappa shape index (κ3) is 4.50. The summed E-state index contributed by atoms with van der Waals surface area (Å²) in [5.74, 6) is 2.86. The van der Waals surface area contributed by atoms with Crippen LogP contribution in [0.2, 0.25) is 0 Å². The first-order valence-electron chi connectivity index (χ1n) is 16.8. The lowest BCUT2D eigenvalue weighted by molar-refractivity contribution is 0.604. The standard InChI is InChI=1S/C44H30N4O/c1-4-15-29(16-5-1)42-45-43(30-17-6-2-7-18-30)47-44(46-42)36-27-34-33-22-12-13-23-38(33)49-41(34)39-35-26-31-19-11-10-14-28(31)24-25-37(35)48(40(36)39)32-20-8-3-9-21-32/h1-25,36H,26-27H2. The van der Waals surface area contributed by atoms with Crippen LogP contribution >= 0.6 is 0 Å². The van der Waals surface area contributed by atoms with Crippen molar-refractivity contribution in [1.29, 1.82) is 0 Å². The molecule has 0 amide bonds. The average molecular weight is 631 g/mol. The van der Waals surface area contributed by atoms with Crippen LogP contribution in [-0.2, 0) is 12.8 Å². The van der Waals surface area contributed by atoms with Gasteiger partial charge in [0, 0.05) is 45.4 Å². The Hall–Kier alpha value is -6.33. The van der Waals surface area contributed by atoms with Gasteiger partial charge in [0.05, 0.1) is 11.6 Å².